The Morgan fingerprint density at radius 2 is 2.27 bits per heavy atom. The molecule has 4 nitrogen and oxygen atoms in total. The van der Waals surface area contributed by atoms with Crippen LogP contribution in [0.25, 0.3) is 0 Å². The van der Waals surface area contributed by atoms with E-state index in [0.717, 1.165) is 12.1 Å². The van der Waals surface area contributed by atoms with Crippen LogP contribution in [0.4, 0.5) is 0 Å². The van der Waals surface area contributed by atoms with Gasteiger partial charge in [-0.2, -0.15) is 0 Å². The second-order valence-electron chi connectivity index (χ2n) is 2.46. The Hall–Kier alpha value is -1.42. The second kappa shape index (κ2) is 10.7. The van der Waals surface area contributed by atoms with Crippen LogP contribution in [-0.4, -0.2) is 24.4 Å². The molecule has 0 saturated heterocycles. The average Bonchev–Trinajstić information content (AvgIpc) is 2.33. The van der Waals surface area contributed by atoms with E-state index in [-0.39, 0.29) is 0 Å². The van der Waals surface area contributed by atoms with Crippen LogP contribution in [0.2, 0.25) is 0 Å². The van der Waals surface area contributed by atoms with Crippen LogP contribution in [0.3, 0.4) is 0 Å². The van der Waals surface area contributed by atoms with Crippen LogP contribution in [0.5, 0.6) is 0 Å². The number of hydrogen-bond acceptors (Lipinski definition) is 4. The van der Waals surface area contributed by atoms with E-state index in [1.54, 1.807) is 12.4 Å². The number of oxime groups is 1. The molecule has 0 aliphatic carbocycles. The molecule has 1 heterocycles. The summed E-state index contributed by atoms with van der Waals surface area (Å²) in [6.07, 6.45) is 4.11. The van der Waals surface area contributed by atoms with E-state index in [4.69, 9.17) is 10.6 Å². The van der Waals surface area contributed by atoms with Gasteiger partial charge in [-0.05, 0) is 25.1 Å². The van der Waals surface area contributed by atoms with E-state index in [1.165, 1.54) is 0 Å². The minimum Gasteiger partial charge on any atom is -0.396 e. The molecule has 0 spiro atoms. The fourth-order valence-corrected chi connectivity index (χ4v) is 0.744. The van der Waals surface area contributed by atoms with Gasteiger partial charge in [0.2, 0.25) is 0 Å². The van der Waals surface area contributed by atoms with Crippen LogP contribution in [0, 0.1) is 0 Å². The lowest BCUT2D eigenvalue weighted by Crippen LogP contribution is -2.02. The van der Waals surface area contributed by atoms with Crippen LogP contribution < -0.4 is 5.73 Å². The molecule has 15 heavy (non-hydrogen) atoms. The van der Waals surface area contributed by atoms with Crippen molar-refractivity contribution < 1.29 is 4.84 Å². The smallest absolute Gasteiger partial charge is 0.118 e. The van der Waals surface area contributed by atoms with Crippen molar-refractivity contribution in [1.29, 1.82) is 0 Å². The maximum Gasteiger partial charge on any atom is 0.118 e. The highest BCUT2D eigenvalue weighted by atomic mass is 16.6. The summed E-state index contributed by atoms with van der Waals surface area (Å²) in [5.74, 6) is 0. The van der Waals surface area contributed by atoms with Gasteiger partial charge in [0.05, 0.1) is 11.9 Å². The van der Waals surface area contributed by atoms with Gasteiger partial charge in [-0.1, -0.05) is 25.1 Å². The zero-order valence-electron chi connectivity index (χ0n) is 9.39. The number of pyridine rings is 1. The van der Waals surface area contributed by atoms with Crippen molar-refractivity contribution in [1.82, 2.24) is 4.98 Å². The standard InChI is InChI=1S/C9H13N3O.C2H6/c10-5-3-7-13-12-8-9-4-1-2-6-11-9;1-2/h1-2,4,6,8H,3,5,7,10H2;1-2H3/b12-8+;. The summed E-state index contributed by atoms with van der Waals surface area (Å²) < 4.78 is 0. The molecule has 2 N–H and O–H groups in total. The highest BCUT2D eigenvalue weighted by Gasteiger charge is 1.85. The van der Waals surface area contributed by atoms with Gasteiger partial charge < -0.3 is 10.6 Å². The molecule has 0 bridgehead atoms. The topological polar surface area (TPSA) is 60.5 Å². The van der Waals surface area contributed by atoms with E-state index < -0.39 is 0 Å². The molecule has 4 heteroatoms. The van der Waals surface area contributed by atoms with Crippen molar-refractivity contribution in [2.45, 2.75) is 20.3 Å². The van der Waals surface area contributed by atoms with Crippen molar-refractivity contribution in [2.75, 3.05) is 13.2 Å². The summed E-state index contributed by atoms with van der Waals surface area (Å²) in [5, 5.41) is 3.74. The summed E-state index contributed by atoms with van der Waals surface area (Å²) in [7, 11) is 0. The number of aromatic nitrogens is 1. The summed E-state index contributed by atoms with van der Waals surface area (Å²) in [4.78, 5) is 8.97. The molecule has 1 rings (SSSR count). The number of nitrogens with two attached hydrogens (primary N) is 1. The van der Waals surface area contributed by atoms with E-state index in [9.17, 15) is 0 Å². The first-order chi connectivity index (χ1) is 7.43. The van der Waals surface area contributed by atoms with Crippen LogP contribution in [-0.2, 0) is 4.84 Å². The van der Waals surface area contributed by atoms with Crippen LogP contribution in [0.15, 0.2) is 29.6 Å². The first-order valence-corrected chi connectivity index (χ1v) is 5.20. The van der Waals surface area contributed by atoms with Crippen molar-refractivity contribution in [2.24, 2.45) is 10.9 Å². The third kappa shape index (κ3) is 7.64. The summed E-state index contributed by atoms with van der Waals surface area (Å²) in [6, 6.07) is 5.61. The monoisotopic (exact) mass is 209 g/mol. The van der Waals surface area contributed by atoms with Crippen molar-refractivity contribution in [3.8, 4) is 0 Å². The lowest BCUT2D eigenvalue weighted by Gasteiger charge is -1.95. The molecule has 0 aliphatic heterocycles. The van der Waals surface area contributed by atoms with Gasteiger partial charge in [0.1, 0.15) is 6.61 Å². The molecule has 0 atom stereocenters. The maximum atomic E-state index is 5.28. The molecule has 1 aromatic heterocycles. The Labute approximate surface area is 91.1 Å². The van der Waals surface area contributed by atoms with Gasteiger partial charge in [-0.3, -0.25) is 4.98 Å². The lowest BCUT2D eigenvalue weighted by molar-refractivity contribution is 0.145. The summed E-state index contributed by atoms with van der Waals surface area (Å²) >= 11 is 0. The molecule has 1 aromatic rings. The van der Waals surface area contributed by atoms with Gasteiger partial charge >= 0.3 is 0 Å². The molecule has 0 aliphatic rings. The van der Waals surface area contributed by atoms with Crippen molar-refractivity contribution >= 4 is 6.21 Å². The average molecular weight is 209 g/mol. The van der Waals surface area contributed by atoms with E-state index in [1.807, 2.05) is 32.0 Å². The van der Waals surface area contributed by atoms with Gasteiger partial charge in [0.15, 0.2) is 0 Å². The minimum absolute atomic E-state index is 0.555. The molecule has 0 radical (unpaired) electrons. The normalized spacial score (nSPS) is 9.53. The fraction of sp³-hybridized carbons (Fsp3) is 0.455. The quantitative estimate of drug-likeness (QED) is 0.457. The maximum absolute atomic E-state index is 5.28. The number of rotatable bonds is 5. The SMILES string of the molecule is CC.NCCCO/N=C/c1ccccn1. The van der Waals surface area contributed by atoms with E-state index in [0.29, 0.717) is 13.2 Å². The molecule has 0 fully saturated rings. The summed E-state index contributed by atoms with van der Waals surface area (Å²) in [6.45, 7) is 5.18. The largest absolute Gasteiger partial charge is 0.396 e. The lowest BCUT2D eigenvalue weighted by atomic mass is 10.4. The number of nitrogens with zero attached hydrogens (tertiary/aromatic N) is 2. The van der Waals surface area contributed by atoms with Crippen molar-refractivity contribution in [3.05, 3.63) is 30.1 Å². The van der Waals surface area contributed by atoms with E-state index in [2.05, 4.69) is 10.1 Å². The predicted octanol–water partition coefficient (Wildman–Crippen LogP) is 1.81. The molecular weight excluding hydrogens is 190 g/mol. The first-order valence-electron chi connectivity index (χ1n) is 5.20. The fourth-order valence-electron chi connectivity index (χ4n) is 0.744. The van der Waals surface area contributed by atoms with Crippen LogP contribution in [0.1, 0.15) is 26.0 Å². The third-order valence-corrected chi connectivity index (χ3v) is 1.39. The zero-order chi connectivity index (χ0) is 11.4. The van der Waals surface area contributed by atoms with Crippen molar-refractivity contribution in [3.63, 3.8) is 0 Å². The molecule has 0 amide bonds. The molecular formula is C11H19N3O. The molecule has 0 saturated carbocycles. The summed E-state index contributed by atoms with van der Waals surface area (Å²) in [5.41, 5.74) is 6.06. The third-order valence-electron chi connectivity index (χ3n) is 1.39. The van der Waals surface area contributed by atoms with Gasteiger partial charge in [-0.25, -0.2) is 0 Å². The minimum atomic E-state index is 0.555. The first kappa shape index (κ1) is 13.6. The Kier molecular flexibility index (Phi) is 9.65. The van der Waals surface area contributed by atoms with Gasteiger partial charge in [0, 0.05) is 6.20 Å². The highest BCUT2D eigenvalue weighted by molar-refractivity contribution is 5.76. The Morgan fingerprint density at radius 3 is 2.87 bits per heavy atom. The Balaban J connectivity index is 0.000000921. The van der Waals surface area contributed by atoms with E-state index >= 15 is 0 Å². The Morgan fingerprint density at radius 1 is 1.47 bits per heavy atom. The van der Waals surface area contributed by atoms with Crippen LogP contribution >= 0.6 is 0 Å². The predicted molar refractivity (Wildman–Crippen MR) is 62.8 cm³/mol. The molecule has 84 valence electrons. The van der Waals surface area contributed by atoms with Gasteiger partial charge in [-0.15, -0.1) is 0 Å². The second-order valence-corrected chi connectivity index (χ2v) is 2.46. The van der Waals surface area contributed by atoms with Gasteiger partial charge in [0.25, 0.3) is 0 Å². The number of hydrogen-bond donors (Lipinski definition) is 1. The Bertz CT molecular complexity index is 249. The molecule has 0 aromatic carbocycles. The molecule has 0 unspecified atom stereocenters. The zero-order valence-corrected chi connectivity index (χ0v) is 9.39. The highest BCUT2D eigenvalue weighted by Crippen LogP contribution is 1.89.